The predicted molar refractivity (Wildman–Crippen MR) is 155 cm³/mol. The molecule has 4 aromatic carbocycles. The first-order chi connectivity index (χ1) is 21.4. The number of hydrogen-bond acceptors (Lipinski definition) is 10. The van der Waals surface area contributed by atoms with Crippen LogP contribution in [0, 0.1) is 0 Å². The molecule has 1 heterocycles. The third kappa shape index (κ3) is 7.35. The van der Waals surface area contributed by atoms with E-state index >= 15 is 0 Å². The van der Waals surface area contributed by atoms with E-state index in [0.717, 1.165) is 0 Å². The van der Waals surface area contributed by atoms with Gasteiger partial charge in [-0.25, -0.2) is 19.2 Å². The fourth-order valence-corrected chi connectivity index (χ4v) is 4.54. The van der Waals surface area contributed by atoms with Crippen LogP contribution in [-0.2, 0) is 23.7 Å². The molecule has 10 heteroatoms. The maximum Gasteiger partial charge on any atom is 0.338 e. The van der Waals surface area contributed by atoms with E-state index in [9.17, 15) is 24.3 Å². The van der Waals surface area contributed by atoms with Gasteiger partial charge < -0.3 is 28.8 Å². The van der Waals surface area contributed by atoms with Gasteiger partial charge in [-0.1, -0.05) is 72.8 Å². The van der Waals surface area contributed by atoms with Crippen molar-refractivity contribution in [2.45, 2.75) is 30.7 Å². The van der Waals surface area contributed by atoms with Crippen molar-refractivity contribution < 1.29 is 48.0 Å². The Balaban J connectivity index is 1.48. The van der Waals surface area contributed by atoms with Gasteiger partial charge in [0.2, 0.25) is 0 Å². The summed E-state index contributed by atoms with van der Waals surface area (Å²) in [6.45, 7) is -0.504. The van der Waals surface area contributed by atoms with E-state index in [1.165, 1.54) is 36.4 Å². The molecule has 44 heavy (non-hydrogen) atoms. The van der Waals surface area contributed by atoms with Crippen molar-refractivity contribution in [2.24, 2.45) is 0 Å². The second-order valence-corrected chi connectivity index (χ2v) is 9.74. The van der Waals surface area contributed by atoms with E-state index in [2.05, 4.69) is 0 Å². The highest BCUT2D eigenvalue weighted by Crippen LogP contribution is 2.30. The second-order valence-electron chi connectivity index (χ2n) is 9.74. The van der Waals surface area contributed by atoms with Crippen LogP contribution in [0.3, 0.4) is 0 Å². The minimum Gasteiger partial charge on any atom is -0.459 e. The van der Waals surface area contributed by atoms with Crippen LogP contribution in [0.1, 0.15) is 41.4 Å². The van der Waals surface area contributed by atoms with Crippen molar-refractivity contribution in [3.05, 3.63) is 144 Å². The number of rotatable bonds is 9. The molecule has 1 aliphatic heterocycles. The lowest BCUT2D eigenvalue weighted by atomic mass is 9.97. The molecule has 4 aromatic rings. The zero-order valence-corrected chi connectivity index (χ0v) is 23.3. The Hall–Kier alpha value is -5.32. The fraction of sp³-hybridized carbons (Fsp3) is 0.176. The molecule has 0 aromatic heterocycles. The van der Waals surface area contributed by atoms with Gasteiger partial charge in [-0.3, -0.25) is 0 Å². The molecule has 5 atom stereocenters. The van der Waals surface area contributed by atoms with Crippen molar-refractivity contribution >= 4 is 23.9 Å². The number of aliphatic hydroxyl groups excluding tert-OH is 1. The molecule has 1 N–H and O–H groups in total. The maximum atomic E-state index is 13.3. The molecule has 224 valence electrons. The highest BCUT2D eigenvalue weighted by atomic mass is 16.7. The van der Waals surface area contributed by atoms with E-state index in [1.807, 2.05) is 0 Å². The van der Waals surface area contributed by atoms with Crippen molar-refractivity contribution in [1.29, 1.82) is 0 Å². The minimum absolute atomic E-state index is 0.154. The molecule has 1 saturated heterocycles. The van der Waals surface area contributed by atoms with Crippen LogP contribution in [0.15, 0.2) is 121 Å². The van der Waals surface area contributed by atoms with E-state index < -0.39 is 61.2 Å². The van der Waals surface area contributed by atoms with Crippen molar-refractivity contribution in [3.8, 4) is 0 Å². The molecule has 1 fully saturated rings. The van der Waals surface area contributed by atoms with Gasteiger partial charge in [0, 0.05) is 0 Å². The first kappa shape index (κ1) is 30.1. The molecule has 0 spiro atoms. The number of carbonyl (C=O) groups is 4. The van der Waals surface area contributed by atoms with Crippen LogP contribution in [0.2, 0.25) is 0 Å². The highest BCUT2D eigenvalue weighted by molar-refractivity contribution is 5.91. The summed E-state index contributed by atoms with van der Waals surface area (Å²) in [5, 5.41) is 11.1. The zero-order chi connectivity index (χ0) is 30.9. The van der Waals surface area contributed by atoms with Crippen LogP contribution in [0.5, 0.6) is 0 Å². The van der Waals surface area contributed by atoms with E-state index in [0.29, 0.717) is 0 Å². The van der Waals surface area contributed by atoms with Crippen molar-refractivity contribution in [2.75, 3.05) is 6.61 Å². The summed E-state index contributed by atoms with van der Waals surface area (Å²) in [7, 11) is 0. The normalized spacial score (nSPS) is 21.0. The summed E-state index contributed by atoms with van der Waals surface area (Å²) < 4.78 is 28.4. The number of carbonyl (C=O) groups excluding carboxylic acids is 4. The zero-order valence-electron chi connectivity index (χ0n) is 23.3. The van der Waals surface area contributed by atoms with Crippen LogP contribution < -0.4 is 0 Å². The Morgan fingerprint density at radius 3 is 1.25 bits per heavy atom. The van der Waals surface area contributed by atoms with Gasteiger partial charge >= 0.3 is 23.9 Å². The van der Waals surface area contributed by atoms with Crippen molar-refractivity contribution in [1.82, 2.24) is 0 Å². The minimum atomic E-state index is -1.86. The summed E-state index contributed by atoms with van der Waals surface area (Å²) in [5.74, 6) is -3.21. The smallest absolute Gasteiger partial charge is 0.338 e. The summed E-state index contributed by atoms with van der Waals surface area (Å²) in [4.78, 5) is 52.3. The second kappa shape index (κ2) is 14.2. The molecule has 0 bridgehead atoms. The first-order valence-electron chi connectivity index (χ1n) is 13.7. The molecule has 5 rings (SSSR count). The molecule has 0 radical (unpaired) electrons. The average molecular weight is 597 g/mol. The third-order valence-corrected chi connectivity index (χ3v) is 6.76. The summed E-state index contributed by atoms with van der Waals surface area (Å²) >= 11 is 0. The number of ether oxygens (including phenoxy) is 5. The topological polar surface area (TPSA) is 135 Å². The monoisotopic (exact) mass is 596 g/mol. The Bertz CT molecular complexity index is 1560. The summed E-state index contributed by atoms with van der Waals surface area (Å²) in [6, 6.07) is 32.1. The Morgan fingerprint density at radius 2 is 0.841 bits per heavy atom. The van der Waals surface area contributed by atoms with Gasteiger partial charge in [0.25, 0.3) is 0 Å². The quantitative estimate of drug-likeness (QED) is 0.221. The molecular formula is C34H28O10. The van der Waals surface area contributed by atoms with Gasteiger partial charge in [0.05, 0.1) is 22.3 Å². The molecule has 1 aliphatic rings. The molecule has 0 amide bonds. The molecule has 0 saturated carbocycles. The van der Waals surface area contributed by atoms with Gasteiger partial charge in [-0.2, -0.15) is 0 Å². The number of aliphatic hydroxyl groups is 1. The van der Waals surface area contributed by atoms with E-state index in [4.69, 9.17) is 23.7 Å². The van der Waals surface area contributed by atoms with Gasteiger partial charge in [-0.05, 0) is 48.5 Å². The SMILES string of the molecule is O=C(OC[C@H]1OC(O)[C@H](OC(=O)c2ccccc2)[C@@H](OC(=O)c2ccccc2)[C@@H]1OC(=O)c1ccccc1)c1ccccc1. The largest absolute Gasteiger partial charge is 0.459 e. The van der Waals surface area contributed by atoms with E-state index in [1.54, 1.807) is 84.9 Å². The van der Waals surface area contributed by atoms with Crippen LogP contribution >= 0.6 is 0 Å². The van der Waals surface area contributed by atoms with Gasteiger partial charge in [0.15, 0.2) is 24.6 Å². The Morgan fingerprint density at radius 1 is 0.500 bits per heavy atom. The van der Waals surface area contributed by atoms with Gasteiger partial charge in [0.1, 0.15) is 12.7 Å². The fourth-order valence-electron chi connectivity index (χ4n) is 4.54. The standard InChI is InChI=1S/C34H28O10/c35-30(22-13-5-1-6-14-22)40-21-26-27(42-31(36)23-15-7-2-8-16-23)28(43-32(37)24-17-9-3-10-18-24)29(34(39)41-26)44-33(38)25-19-11-4-12-20-25/h1-20,26-29,34,39H,21H2/t26-,27-,28+,29-,34?/m1/s1. The molecule has 1 unspecified atom stereocenters. The maximum absolute atomic E-state index is 13.3. The van der Waals surface area contributed by atoms with Crippen LogP contribution in [0.4, 0.5) is 0 Å². The van der Waals surface area contributed by atoms with Crippen LogP contribution in [0.25, 0.3) is 0 Å². The van der Waals surface area contributed by atoms with Gasteiger partial charge in [-0.15, -0.1) is 0 Å². The Kier molecular flexibility index (Phi) is 9.75. The summed E-state index contributed by atoms with van der Waals surface area (Å²) in [6.07, 6.45) is -7.89. The van der Waals surface area contributed by atoms with Crippen molar-refractivity contribution in [3.63, 3.8) is 0 Å². The molecule has 0 aliphatic carbocycles. The third-order valence-electron chi connectivity index (χ3n) is 6.76. The average Bonchev–Trinajstić information content (AvgIpc) is 3.07. The molecule has 10 nitrogen and oxygen atoms in total. The lowest BCUT2D eigenvalue weighted by Gasteiger charge is -2.42. The van der Waals surface area contributed by atoms with E-state index in [-0.39, 0.29) is 22.3 Å². The number of benzene rings is 4. The van der Waals surface area contributed by atoms with Crippen LogP contribution in [-0.4, -0.2) is 66.3 Å². The summed E-state index contributed by atoms with van der Waals surface area (Å²) in [5.41, 5.74) is 0.736. The predicted octanol–water partition coefficient (Wildman–Crippen LogP) is 4.24. The lowest BCUT2D eigenvalue weighted by molar-refractivity contribution is -0.284. The number of hydrogen-bond donors (Lipinski definition) is 1. The Labute approximate surface area is 252 Å². The lowest BCUT2D eigenvalue weighted by Crippen LogP contribution is -2.62. The highest BCUT2D eigenvalue weighted by Gasteiger charge is 2.52. The first-order valence-corrected chi connectivity index (χ1v) is 13.7. The number of esters is 4. The molecular weight excluding hydrogens is 568 g/mol.